The van der Waals surface area contributed by atoms with Gasteiger partial charge in [0.15, 0.2) is 5.78 Å². The quantitative estimate of drug-likeness (QED) is 0.592. The van der Waals surface area contributed by atoms with Gasteiger partial charge in [-0.05, 0) is 46.2 Å². The molecule has 2 aliphatic rings. The van der Waals surface area contributed by atoms with E-state index < -0.39 is 0 Å². The van der Waals surface area contributed by atoms with Gasteiger partial charge in [-0.3, -0.25) is 4.79 Å². The molecule has 0 bridgehead atoms. The fraction of sp³-hybridized carbons (Fsp3) is 0.190. The Balaban J connectivity index is 1.67. The maximum absolute atomic E-state index is 12.7. The van der Waals surface area contributed by atoms with Crippen LogP contribution in [0.2, 0.25) is 0 Å². The number of hydrogen-bond donors (Lipinski definition) is 0. The smallest absolute Gasteiger partial charge is 0.167 e. The zero-order valence-electron chi connectivity index (χ0n) is 12.3. The molecule has 2 unspecified atom stereocenters. The van der Waals surface area contributed by atoms with E-state index in [-0.39, 0.29) is 5.92 Å². The van der Waals surface area contributed by atoms with Crippen molar-refractivity contribution in [2.45, 2.75) is 18.8 Å². The number of Topliss-reactive ketones (excluding diaryl/α,β-unsaturated/α-hetero) is 1. The summed E-state index contributed by atoms with van der Waals surface area (Å²) in [6.45, 7) is 0. The highest BCUT2D eigenvalue weighted by molar-refractivity contribution is 6.03. The highest BCUT2D eigenvalue weighted by atomic mass is 16.1. The van der Waals surface area contributed by atoms with E-state index in [4.69, 9.17) is 0 Å². The average molecular weight is 284 g/mol. The van der Waals surface area contributed by atoms with Gasteiger partial charge in [0.1, 0.15) is 0 Å². The van der Waals surface area contributed by atoms with Crippen LogP contribution < -0.4 is 0 Å². The Morgan fingerprint density at radius 2 is 1.32 bits per heavy atom. The molecule has 0 aliphatic heterocycles. The van der Waals surface area contributed by atoms with Crippen LogP contribution in [0.4, 0.5) is 0 Å². The minimum atomic E-state index is 0.145. The van der Waals surface area contributed by atoms with Crippen molar-refractivity contribution in [2.75, 3.05) is 0 Å². The van der Waals surface area contributed by atoms with Gasteiger partial charge in [0.05, 0.1) is 0 Å². The van der Waals surface area contributed by atoms with E-state index in [0.29, 0.717) is 11.7 Å². The summed E-state index contributed by atoms with van der Waals surface area (Å²) in [4.78, 5) is 12.7. The fourth-order valence-corrected chi connectivity index (χ4v) is 4.32. The third kappa shape index (κ3) is 1.57. The topological polar surface area (TPSA) is 17.1 Å². The molecule has 5 rings (SSSR count). The maximum Gasteiger partial charge on any atom is 0.167 e. The number of carbonyl (C=O) groups excluding carboxylic acids is 1. The number of hydrogen-bond acceptors (Lipinski definition) is 1. The molecule has 1 nitrogen and oxygen atoms in total. The molecule has 0 heterocycles. The molecule has 0 saturated heterocycles. The summed E-state index contributed by atoms with van der Waals surface area (Å²) in [6, 6.07) is 21.3. The number of fused-ring (bicyclic) bond motifs is 5. The van der Waals surface area contributed by atoms with Crippen LogP contribution in [0.25, 0.3) is 10.8 Å². The minimum absolute atomic E-state index is 0.145. The number of rotatable bonds is 0. The predicted molar refractivity (Wildman–Crippen MR) is 88.4 cm³/mol. The van der Waals surface area contributed by atoms with Crippen molar-refractivity contribution in [3.8, 4) is 0 Å². The molecule has 1 heteroatoms. The first-order valence-electron chi connectivity index (χ1n) is 7.95. The largest absolute Gasteiger partial charge is 0.294 e. The fourth-order valence-electron chi connectivity index (χ4n) is 4.32. The summed E-state index contributed by atoms with van der Waals surface area (Å²) >= 11 is 0. The first kappa shape index (κ1) is 12.2. The second-order valence-electron chi connectivity index (χ2n) is 6.54. The molecule has 0 fully saturated rings. The lowest BCUT2D eigenvalue weighted by molar-refractivity contribution is 0.0918. The Morgan fingerprint density at radius 3 is 2.05 bits per heavy atom. The van der Waals surface area contributed by atoms with Crippen molar-refractivity contribution in [1.82, 2.24) is 0 Å². The van der Waals surface area contributed by atoms with Crippen molar-refractivity contribution < 1.29 is 4.79 Å². The Kier molecular flexibility index (Phi) is 2.38. The molecule has 0 saturated carbocycles. The lowest BCUT2D eigenvalue weighted by Gasteiger charge is -2.27. The van der Waals surface area contributed by atoms with Crippen LogP contribution in [-0.4, -0.2) is 5.78 Å². The first-order chi connectivity index (χ1) is 10.8. The van der Waals surface area contributed by atoms with Crippen LogP contribution in [0.3, 0.4) is 0 Å². The SMILES string of the molecule is O=C1c2ccccc2C2Cc3cc4ccccc4cc3CC12. The van der Waals surface area contributed by atoms with Crippen molar-refractivity contribution in [3.63, 3.8) is 0 Å². The van der Waals surface area contributed by atoms with Crippen molar-refractivity contribution in [2.24, 2.45) is 5.92 Å². The summed E-state index contributed by atoms with van der Waals surface area (Å²) in [6.07, 6.45) is 1.88. The van der Waals surface area contributed by atoms with Gasteiger partial charge in [0.2, 0.25) is 0 Å². The number of carbonyl (C=O) groups is 1. The van der Waals surface area contributed by atoms with Gasteiger partial charge in [-0.15, -0.1) is 0 Å². The Bertz CT molecular complexity index is 922. The highest BCUT2D eigenvalue weighted by Crippen LogP contribution is 2.45. The molecule has 3 aromatic carbocycles. The third-order valence-electron chi connectivity index (χ3n) is 5.40. The molecule has 106 valence electrons. The first-order valence-corrected chi connectivity index (χ1v) is 7.95. The minimum Gasteiger partial charge on any atom is -0.294 e. The highest BCUT2D eigenvalue weighted by Gasteiger charge is 2.42. The molecule has 0 aromatic heterocycles. The van der Waals surface area contributed by atoms with Gasteiger partial charge in [-0.2, -0.15) is 0 Å². The standard InChI is InChI=1S/C21H16O/c22-21-18-8-4-3-7-17(18)19-11-15-9-13-5-1-2-6-14(13)10-16(15)12-20(19)21/h1-10,19-20H,11-12H2. The van der Waals surface area contributed by atoms with Crippen LogP contribution in [0.5, 0.6) is 0 Å². The maximum atomic E-state index is 12.7. The van der Waals surface area contributed by atoms with Crippen molar-refractivity contribution in [1.29, 1.82) is 0 Å². The molecule has 0 N–H and O–H groups in total. The molecular weight excluding hydrogens is 268 g/mol. The van der Waals surface area contributed by atoms with E-state index in [1.165, 1.54) is 27.5 Å². The average Bonchev–Trinajstić information content (AvgIpc) is 2.84. The van der Waals surface area contributed by atoms with Gasteiger partial charge in [0.25, 0.3) is 0 Å². The van der Waals surface area contributed by atoms with Gasteiger partial charge >= 0.3 is 0 Å². The van der Waals surface area contributed by atoms with E-state index in [1.807, 2.05) is 12.1 Å². The zero-order chi connectivity index (χ0) is 14.7. The molecule has 22 heavy (non-hydrogen) atoms. The summed E-state index contributed by atoms with van der Waals surface area (Å²) in [5, 5.41) is 2.58. The molecular formula is C21H16O. The van der Waals surface area contributed by atoms with Crippen LogP contribution in [0.15, 0.2) is 60.7 Å². The summed E-state index contributed by atoms with van der Waals surface area (Å²) in [5.41, 5.74) is 5.00. The molecule has 2 atom stereocenters. The lowest BCUT2D eigenvalue weighted by atomic mass is 9.75. The number of ketones is 1. The van der Waals surface area contributed by atoms with Gasteiger partial charge in [-0.1, -0.05) is 60.7 Å². The number of benzene rings is 3. The molecule has 2 aliphatic carbocycles. The summed E-state index contributed by atoms with van der Waals surface area (Å²) in [5.74, 6) is 0.864. The van der Waals surface area contributed by atoms with Crippen molar-refractivity contribution >= 4 is 16.6 Å². The summed E-state index contributed by atoms with van der Waals surface area (Å²) in [7, 11) is 0. The van der Waals surface area contributed by atoms with Crippen LogP contribution in [0, 0.1) is 5.92 Å². The second-order valence-corrected chi connectivity index (χ2v) is 6.54. The van der Waals surface area contributed by atoms with Gasteiger partial charge < -0.3 is 0 Å². The Labute approximate surface area is 129 Å². The normalized spacial score (nSPS) is 22.3. The third-order valence-corrected chi connectivity index (χ3v) is 5.40. The molecule has 0 spiro atoms. The van der Waals surface area contributed by atoms with Crippen LogP contribution >= 0.6 is 0 Å². The van der Waals surface area contributed by atoms with E-state index in [2.05, 4.69) is 48.5 Å². The predicted octanol–water partition coefficient (Wildman–Crippen LogP) is 4.53. The van der Waals surface area contributed by atoms with Gasteiger partial charge in [-0.25, -0.2) is 0 Å². The van der Waals surface area contributed by atoms with Crippen LogP contribution in [0.1, 0.15) is 33.0 Å². The Morgan fingerprint density at radius 1 is 0.727 bits per heavy atom. The lowest BCUT2D eigenvalue weighted by Crippen LogP contribution is -2.24. The summed E-state index contributed by atoms with van der Waals surface area (Å²) < 4.78 is 0. The van der Waals surface area contributed by atoms with Gasteiger partial charge in [0, 0.05) is 11.5 Å². The Hall–Kier alpha value is -2.41. The van der Waals surface area contributed by atoms with E-state index in [1.54, 1.807) is 0 Å². The van der Waals surface area contributed by atoms with E-state index >= 15 is 0 Å². The molecule has 0 radical (unpaired) electrons. The van der Waals surface area contributed by atoms with Crippen molar-refractivity contribution in [3.05, 3.63) is 82.9 Å². The zero-order valence-corrected chi connectivity index (χ0v) is 12.3. The molecule has 0 amide bonds. The molecule has 3 aromatic rings. The monoisotopic (exact) mass is 284 g/mol. The van der Waals surface area contributed by atoms with E-state index in [9.17, 15) is 4.79 Å². The second kappa shape index (κ2) is 4.30. The van der Waals surface area contributed by atoms with Crippen LogP contribution in [-0.2, 0) is 12.8 Å². The van der Waals surface area contributed by atoms with E-state index in [0.717, 1.165) is 18.4 Å².